The molecule has 1 heterocycles. The second-order valence-corrected chi connectivity index (χ2v) is 6.14. The van der Waals surface area contributed by atoms with Gasteiger partial charge in [0.1, 0.15) is 6.04 Å². The van der Waals surface area contributed by atoms with Crippen molar-refractivity contribution in [1.29, 1.82) is 5.26 Å². The van der Waals surface area contributed by atoms with E-state index in [9.17, 15) is 13.2 Å². The van der Waals surface area contributed by atoms with Gasteiger partial charge in [-0.15, -0.1) is 0 Å². The summed E-state index contributed by atoms with van der Waals surface area (Å²) in [6.45, 7) is 0.191. The highest BCUT2D eigenvalue weighted by molar-refractivity contribution is 7.89. The van der Waals surface area contributed by atoms with Gasteiger partial charge in [-0.25, -0.2) is 8.42 Å². The number of nitrogens with zero attached hydrogens (tertiary/aromatic N) is 2. The molecule has 1 aromatic rings. The molecule has 0 aliphatic carbocycles. The molecular formula is C12H12N2O4S. The predicted molar refractivity (Wildman–Crippen MR) is 65.7 cm³/mol. The first-order chi connectivity index (χ1) is 8.96. The van der Waals surface area contributed by atoms with E-state index in [1.54, 1.807) is 0 Å². The second-order valence-electron chi connectivity index (χ2n) is 4.25. The summed E-state index contributed by atoms with van der Waals surface area (Å²) < 4.78 is 25.7. The van der Waals surface area contributed by atoms with E-state index in [0.717, 1.165) is 4.31 Å². The molecule has 1 saturated heterocycles. The van der Waals surface area contributed by atoms with Crippen molar-refractivity contribution in [2.75, 3.05) is 6.54 Å². The van der Waals surface area contributed by atoms with Crippen LogP contribution in [0, 0.1) is 11.3 Å². The summed E-state index contributed by atoms with van der Waals surface area (Å²) in [4.78, 5) is 11.0. The largest absolute Gasteiger partial charge is 0.480 e. The number of benzene rings is 1. The minimum Gasteiger partial charge on any atom is -0.480 e. The molecule has 6 nitrogen and oxygen atoms in total. The molecular weight excluding hydrogens is 268 g/mol. The van der Waals surface area contributed by atoms with Crippen LogP contribution in [0.4, 0.5) is 0 Å². The van der Waals surface area contributed by atoms with Crippen molar-refractivity contribution in [3.8, 4) is 6.07 Å². The van der Waals surface area contributed by atoms with Crippen LogP contribution in [0.15, 0.2) is 29.2 Å². The molecule has 0 bridgehead atoms. The summed E-state index contributed by atoms with van der Waals surface area (Å²) in [5.74, 6) is -1.14. The third-order valence-electron chi connectivity index (χ3n) is 3.06. The quantitative estimate of drug-likeness (QED) is 0.882. The summed E-state index contributed by atoms with van der Waals surface area (Å²) in [5.41, 5.74) is 0.229. The van der Waals surface area contributed by atoms with Crippen LogP contribution in [-0.2, 0) is 14.8 Å². The number of rotatable bonds is 3. The number of carboxylic acids is 1. The van der Waals surface area contributed by atoms with Crippen molar-refractivity contribution >= 4 is 16.0 Å². The lowest BCUT2D eigenvalue weighted by Gasteiger charge is -2.20. The van der Waals surface area contributed by atoms with Crippen LogP contribution in [0.2, 0.25) is 0 Å². The normalized spacial score (nSPS) is 20.1. The lowest BCUT2D eigenvalue weighted by Crippen LogP contribution is -2.40. The van der Waals surface area contributed by atoms with E-state index < -0.39 is 22.0 Å². The molecule has 0 spiro atoms. The second kappa shape index (κ2) is 4.99. The van der Waals surface area contributed by atoms with Gasteiger partial charge in [-0.2, -0.15) is 9.57 Å². The van der Waals surface area contributed by atoms with Crippen molar-refractivity contribution in [2.24, 2.45) is 0 Å². The SMILES string of the molecule is N#Cc1cccc(S(=O)(=O)N2CCCC2C(=O)O)c1. The van der Waals surface area contributed by atoms with E-state index in [-0.39, 0.29) is 17.0 Å². The van der Waals surface area contributed by atoms with Gasteiger partial charge in [0.15, 0.2) is 0 Å². The van der Waals surface area contributed by atoms with Crippen LogP contribution < -0.4 is 0 Å². The van der Waals surface area contributed by atoms with Crippen molar-refractivity contribution in [1.82, 2.24) is 4.31 Å². The Morgan fingerprint density at radius 3 is 2.84 bits per heavy atom. The lowest BCUT2D eigenvalue weighted by molar-refractivity contribution is -0.140. The Kier molecular flexibility index (Phi) is 3.55. The van der Waals surface area contributed by atoms with Gasteiger partial charge < -0.3 is 5.11 Å². The fourth-order valence-corrected chi connectivity index (χ4v) is 3.83. The number of carbonyl (C=O) groups is 1. The average molecular weight is 280 g/mol. The molecule has 1 unspecified atom stereocenters. The Morgan fingerprint density at radius 1 is 1.47 bits per heavy atom. The Balaban J connectivity index is 2.42. The summed E-state index contributed by atoms with van der Waals surface area (Å²) >= 11 is 0. The van der Waals surface area contributed by atoms with Gasteiger partial charge in [0, 0.05) is 6.54 Å². The van der Waals surface area contributed by atoms with E-state index in [1.165, 1.54) is 24.3 Å². The molecule has 100 valence electrons. The number of hydrogen-bond donors (Lipinski definition) is 1. The van der Waals surface area contributed by atoms with Crippen LogP contribution in [0.1, 0.15) is 18.4 Å². The van der Waals surface area contributed by atoms with Crippen LogP contribution in [0.3, 0.4) is 0 Å². The highest BCUT2D eigenvalue weighted by atomic mass is 32.2. The number of hydrogen-bond acceptors (Lipinski definition) is 4. The molecule has 19 heavy (non-hydrogen) atoms. The van der Waals surface area contributed by atoms with E-state index in [1.807, 2.05) is 6.07 Å². The highest BCUT2D eigenvalue weighted by Crippen LogP contribution is 2.26. The molecule has 0 saturated carbocycles. The third-order valence-corrected chi connectivity index (χ3v) is 4.96. The molecule has 2 rings (SSSR count). The summed E-state index contributed by atoms with van der Waals surface area (Å²) in [7, 11) is -3.86. The maximum Gasteiger partial charge on any atom is 0.322 e. The topological polar surface area (TPSA) is 98.5 Å². The number of aliphatic carboxylic acids is 1. The highest BCUT2D eigenvalue weighted by Gasteiger charge is 2.39. The van der Waals surface area contributed by atoms with Gasteiger partial charge in [-0.3, -0.25) is 4.79 Å². The Bertz CT molecular complexity index is 648. The Hall–Kier alpha value is -1.91. The van der Waals surface area contributed by atoms with Gasteiger partial charge in [0.05, 0.1) is 16.5 Å². The molecule has 1 aliphatic rings. The standard InChI is InChI=1S/C12H12N2O4S/c13-8-9-3-1-4-10(7-9)19(17,18)14-6-2-5-11(14)12(15)16/h1,3-4,7,11H,2,5-6H2,(H,15,16). The van der Waals surface area contributed by atoms with Crippen LogP contribution in [0.25, 0.3) is 0 Å². The van der Waals surface area contributed by atoms with Crippen molar-refractivity contribution in [3.63, 3.8) is 0 Å². The Morgan fingerprint density at radius 2 is 2.21 bits per heavy atom. The third kappa shape index (κ3) is 2.45. The maximum absolute atomic E-state index is 12.4. The lowest BCUT2D eigenvalue weighted by atomic mass is 10.2. The number of nitriles is 1. The summed E-state index contributed by atoms with van der Waals surface area (Å²) in [5, 5.41) is 17.8. The fourth-order valence-electron chi connectivity index (χ4n) is 2.14. The number of sulfonamides is 1. The zero-order valence-corrected chi connectivity index (χ0v) is 10.8. The summed E-state index contributed by atoms with van der Waals surface area (Å²) in [6.07, 6.45) is 0.834. The summed E-state index contributed by atoms with van der Waals surface area (Å²) in [6, 6.07) is 6.44. The molecule has 1 atom stereocenters. The van der Waals surface area contributed by atoms with E-state index in [0.29, 0.717) is 12.8 Å². The van der Waals surface area contributed by atoms with Gasteiger partial charge in [-0.05, 0) is 31.0 Å². The molecule has 0 radical (unpaired) electrons. The van der Waals surface area contributed by atoms with Crippen molar-refractivity contribution in [3.05, 3.63) is 29.8 Å². The first kappa shape index (κ1) is 13.5. The van der Waals surface area contributed by atoms with Crippen LogP contribution >= 0.6 is 0 Å². The van der Waals surface area contributed by atoms with Crippen molar-refractivity contribution in [2.45, 2.75) is 23.8 Å². The first-order valence-electron chi connectivity index (χ1n) is 5.71. The molecule has 1 fully saturated rings. The Labute approximate surface area is 110 Å². The molecule has 1 aromatic carbocycles. The average Bonchev–Trinajstić information content (AvgIpc) is 2.89. The molecule has 0 aromatic heterocycles. The fraction of sp³-hybridized carbons (Fsp3) is 0.333. The van der Waals surface area contributed by atoms with Crippen LogP contribution in [-0.4, -0.2) is 36.4 Å². The monoisotopic (exact) mass is 280 g/mol. The van der Waals surface area contributed by atoms with Gasteiger partial charge in [-0.1, -0.05) is 6.07 Å². The zero-order chi connectivity index (χ0) is 14.0. The van der Waals surface area contributed by atoms with Gasteiger partial charge in [0.25, 0.3) is 0 Å². The van der Waals surface area contributed by atoms with E-state index in [2.05, 4.69) is 0 Å². The van der Waals surface area contributed by atoms with Gasteiger partial charge >= 0.3 is 5.97 Å². The maximum atomic E-state index is 12.4. The molecule has 0 amide bonds. The zero-order valence-electron chi connectivity index (χ0n) is 9.98. The van der Waals surface area contributed by atoms with E-state index in [4.69, 9.17) is 10.4 Å². The molecule has 7 heteroatoms. The molecule has 1 N–H and O–H groups in total. The smallest absolute Gasteiger partial charge is 0.322 e. The van der Waals surface area contributed by atoms with E-state index >= 15 is 0 Å². The first-order valence-corrected chi connectivity index (χ1v) is 7.15. The van der Waals surface area contributed by atoms with Gasteiger partial charge in [0.2, 0.25) is 10.0 Å². The predicted octanol–water partition coefficient (Wildman–Crippen LogP) is 0.796. The minimum atomic E-state index is -3.86. The number of carboxylic acid groups (broad SMARTS) is 1. The molecule has 1 aliphatic heterocycles. The minimum absolute atomic E-state index is 0.0419. The van der Waals surface area contributed by atoms with Crippen LogP contribution in [0.5, 0.6) is 0 Å². The van der Waals surface area contributed by atoms with Crippen molar-refractivity contribution < 1.29 is 18.3 Å².